The van der Waals surface area contributed by atoms with Crippen LogP contribution in [0.5, 0.6) is 5.75 Å². The summed E-state index contributed by atoms with van der Waals surface area (Å²) < 4.78 is 5.74. The van der Waals surface area contributed by atoms with Crippen molar-refractivity contribution in [3.8, 4) is 5.75 Å². The molecule has 0 aliphatic carbocycles. The predicted octanol–water partition coefficient (Wildman–Crippen LogP) is 4.22. The van der Waals surface area contributed by atoms with Crippen molar-refractivity contribution in [3.63, 3.8) is 0 Å². The number of hydrogen-bond acceptors (Lipinski definition) is 3. The average molecular weight is 365 g/mol. The third kappa shape index (κ3) is 4.41. The number of nitrogens with one attached hydrogen (secondary N) is 1. The Labute approximate surface area is 151 Å². The van der Waals surface area contributed by atoms with Crippen LogP contribution in [0.2, 0.25) is 10.0 Å². The summed E-state index contributed by atoms with van der Waals surface area (Å²) in [6.45, 7) is 2.85. The minimum Gasteiger partial charge on any atom is -0.492 e. The predicted molar refractivity (Wildman–Crippen MR) is 96.9 cm³/mol. The number of rotatable bonds is 4. The number of halogens is 2. The number of nitrogens with zero attached hydrogens (tertiary/aromatic N) is 1. The SMILES string of the molecule is O=C(CCN1CCOc2ccccc2C1)Nc1cc(Cl)ccc1Cl. The third-order valence-electron chi connectivity index (χ3n) is 3.89. The molecule has 1 aliphatic heterocycles. The van der Waals surface area contributed by atoms with Crippen LogP contribution in [-0.4, -0.2) is 30.5 Å². The average Bonchev–Trinajstić information content (AvgIpc) is 2.78. The molecule has 1 aliphatic rings. The van der Waals surface area contributed by atoms with E-state index in [1.165, 1.54) is 0 Å². The van der Waals surface area contributed by atoms with E-state index < -0.39 is 0 Å². The van der Waals surface area contributed by atoms with Gasteiger partial charge in [0.1, 0.15) is 12.4 Å². The van der Waals surface area contributed by atoms with Crippen LogP contribution in [0.3, 0.4) is 0 Å². The lowest BCUT2D eigenvalue weighted by molar-refractivity contribution is -0.116. The largest absolute Gasteiger partial charge is 0.492 e. The van der Waals surface area contributed by atoms with Gasteiger partial charge >= 0.3 is 0 Å². The van der Waals surface area contributed by atoms with Crippen LogP contribution in [0.15, 0.2) is 42.5 Å². The Hall–Kier alpha value is -1.75. The van der Waals surface area contributed by atoms with Crippen molar-refractivity contribution in [2.45, 2.75) is 13.0 Å². The number of carbonyl (C=O) groups is 1. The van der Waals surface area contributed by atoms with Crippen molar-refractivity contribution in [1.29, 1.82) is 0 Å². The summed E-state index contributed by atoms with van der Waals surface area (Å²) in [7, 11) is 0. The standard InChI is InChI=1S/C18H18Cl2N2O2/c19-14-5-6-15(20)16(11-14)21-18(23)7-8-22-9-10-24-17-4-2-1-3-13(17)12-22/h1-6,11H,7-10,12H2,(H,21,23). The zero-order valence-corrected chi connectivity index (χ0v) is 14.6. The van der Waals surface area contributed by atoms with Crippen LogP contribution < -0.4 is 10.1 Å². The number of benzene rings is 2. The van der Waals surface area contributed by atoms with Gasteiger partial charge in [-0.3, -0.25) is 9.69 Å². The van der Waals surface area contributed by atoms with Gasteiger partial charge in [0.2, 0.25) is 5.91 Å². The molecule has 1 amide bonds. The number of carbonyl (C=O) groups excluding carboxylic acids is 1. The number of amides is 1. The van der Waals surface area contributed by atoms with Crippen molar-refractivity contribution in [2.24, 2.45) is 0 Å². The molecular formula is C18H18Cl2N2O2. The third-order valence-corrected chi connectivity index (χ3v) is 4.45. The Morgan fingerprint density at radius 1 is 1.21 bits per heavy atom. The molecule has 2 aromatic rings. The number of hydrogen-bond donors (Lipinski definition) is 1. The highest BCUT2D eigenvalue weighted by atomic mass is 35.5. The first-order valence-electron chi connectivity index (χ1n) is 7.80. The Morgan fingerprint density at radius 2 is 2.04 bits per heavy atom. The van der Waals surface area contributed by atoms with E-state index >= 15 is 0 Å². The van der Waals surface area contributed by atoms with Crippen LogP contribution in [0, 0.1) is 0 Å². The second kappa shape index (κ2) is 7.88. The second-order valence-electron chi connectivity index (χ2n) is 5.65. The lowest BCUT2D eigenvalue weighted by Gasteiger charge is -2.19. The molecule has 0 fully saturated rings. The first-order valence-corrected chi connectivity index (χ1v) is 8.55. The Kier molecular flexibility index (Phi) is 5.61. The summed E-state index contributed by atoms with van der Waals surface area (Å²) in [5, 5.41) is 3.83. The normalized spacial score (nSPS) is 14.4. The highest BCUT2D eigenvalue weighted by molar-refractivity contribution is 6.35. The summed E-state index contributed by atoms with van der Waals surface area (Å²) in [5.74, 6) is 0.841. The molecule has 0 atom stereocenters. The topological polar surface area (TPSA) is 41.6 Å². The molecule has 0 radical (unpaired) electrons. The first kappa shape index (κ1) is 17.1. The summed E-state index contributed by atoms with van der Waals surface area (Å²) in [4.78, 5) is 14.4. The minimum atomic E-state index is -0.0855. The molecule has 0 bridgehead atoms. The smallest absolute Gasteiger partial charge is 0.225 e. The minimum absolute atomic E-state index is 0.0855. The number of ether oxygens (including phenoxy) is 1. The molecule has 0 saturated heterocycles. The maximum atomic E-state index is 12.2. The maximum absolute atomic E-state index is 12.2. The quantitative estimate of drug-likeness (QED) is 0.882. The van der Waals surface area contributed by atoms with Crippen molar-refractivity contribution >= 4 is 34.8 Å². The van der Waals surface area contributed by atoms with E-state index in [0.717, 1.165) is 24.4 Å². The van der Waals surface area contributed by atoms with E-state index in [4.69, 9.17) is 27.9 Å². The van der Waals surface area contributed by atoms with E-state index in [1.807, 2.05) is 18.2 Å². The monoisotopic (exact) mass is 364 g/mol. The van der Waals surface area contributed by atoms with Crippen LogP contribution in [-0.2, 0) is 11.3 Å². The van der Waals surface area contributed by atoms with Gasteiger partial charge in [-0.05, 0) is 24.3 Å². The van der Waals surface area contributed by atoms with Crippen LogP contribution in [0.1, 0.15) is 12.0 Å². The molecule has 0 unspecified atom stereocenters. The molecule has 24 heavy (non-hydrogen) atoms. The molecule has 126 valence electrons. The van der Waals surface area contributed by atoms with E-state index in [1.54, 1.807) is 18.2 Å². The fourth-order valence-electron chi connectivity index (χ4n) is 2.64. The lowest BCUT2D eigenvalue weighted by atomic mass is 10.2. The van der Waals surface area contributed by atoms with Gasteiger partial charge in [0, 0.05) is 36.6 Å². The highest BCUT2D eigenvalue weighted by Gasteiger charge is 2.16. The fourth-order valence-corrected chi connectivity index (χ4v) is 2.97. The van der Waals surface area contributed by atoms with Crippen LogP contribution in [0.25, 0.3) is 0 Å². The first-order chi connectivity index (χ1) is 11.6. The molecule has 1 heterocycles. The van der Waals surface area contributed by atoms with Crippen molar-refractivity contribution < 1.29 is 9.53 Å². The molecular weight excluding hydrogens is 347 g/mol. The molecule has 4 nitrogen and oxygen atoms in total. The number of para-hydroxylation sites is 1. The Morgan fingerprint density at radius 3 is 2.92 bits per heavy atom. The number of anilines is 1. The van der Waals surface area contributed by atoms with Gasteiger partial charge in [0.25, 0.3) is 0 Å². The van der Waals surface area contributed by atoms with Crippen molar-refractivity contribution in [2.75, 3.05) is 25.0 Å². The lowest BCUT2D eigenvalue weighted by Crippen LogP contribution is -2.29. The molecule has 0 saturated carbocycles. The van der Waals surface area contributed by atoms with Gasteiger partial charge in [-0.1, -0.05) is 41.4 Å². The summed E-state index contributed by atoms with van der Waals surface area (Å²) in [5.41, 5.74) is 1.69. The van der Waals surface area contributed by atoms with Gasteiger partial charge in [-0.25, -0.2) is 0 Å². The van der Waals surface area contributed by atoms with Crippen molar-refractivity contribution in [1.82, 2.24) is 4.90 Å². The summed E-state index contributed by atoms with van der Waals surface area (Å²) in [6, 6.07) is 13.0. The molecule has 0 spiro atoms. The summed E-state index contributed by atoms with van der Waals surface area (Å²) >= 11 is 12.0. The highest BCUT2D eigenvalue weighted by Crippen LogP contribution is 2.26. The maximum Gasteiger partial charge on any atom is 0.225 e. The zero-order valence-electron chi connectivity index (χ0n) is 13.1. The van der Waals surface area contributed by atoms with Gasteiger partial charge in [0.05, 0.1) is 10.7 Å². The molecule has 6 heteroatoms. The fraction of sp³-hybridized carbons (Fsp3) is 0.278. The zero-order chi connectivity index (χ0) is 16.9. The molecule has 1 N–H and O–H groups in total. The van der Waals surface area contributed by atoms with E-state index in [0.29, 0.717) is 35.3 Å². The van der Waals surface area contributed by atoms with Gasteiger partial charge < -0.3 is 10.1 Å². The van der Waals surface area contributed by atoms with Crippen molar-refractivity contribution in [3.05, 3.63) is 58.1 Å². The van der Waals surface area contributed by atoms with Gasteiger partial charge in [-0.15, -0.1) is 0 Å². The van der Waals surface area contributed by atoms with Crippen LogP contribution in [0.4, 0.5) is 5.69 Å². The molecule has 3 rings (SSSR count). The second-order valence-corrected chi connectivity index (χ2v) is 6.50. The van der Waals surface area contributed by atoms with Gasteiger partial charge in [0.15, 0.2) is 0 Å². The van der Waals surface area contributed by atoms with E-state index in [2.05, 4.69) is 16.3 Å². The molecule has 0 aromatic heterocycles. The summed E-state index contributed by atoms with van der Waals surface area (Å²) in [6.07, 6.45) is 0.380. The van der Waals surface area contributed by atoms with Gasteiger partial charge in [-0.2, -0.15) is 0 Å². The Bertz CT molecular complexity index is 737. The van der Waals surface area contributed by atoms with E-state index in [-0.39, 0.29) is 5.91 Å². The Balaban J connectivity index is 1.55. The van der Waals surface area contributed by atoms with Crippen LogP contribution >= 0.6 is 23.2 Å². The molecule has 2 aromatic carbocycles. The number of fused-ring (bicyclic) bond motifs is 1. The van der Waals surface area contributed by atoms with E-state index in [9.17, 15) is 4.79 Å².